The van der Waals surface area contributed by atoms with Gasteiger partial charge in [-0.3, -0.25) is 15.3 Å². The fourth-order valence-corrected chi connectivity index (χ4v) is 3.68. The molecular formula is C33H66N6. The molecule has 3 heterocycles. The third kappa shape index (κ3) is 15.1. The highest BCUT2D eigenvalue weighted by Crippen LogP contribution is 2.24. The summed E-state index contributed by atoms with van der Waals surface area (Å²) in [6, 6.07) is 0. The Labute approximate surface area is 243 Å². The molecule has 0 fully saturated rings. The average molecular weight is 547 g/mol. The summed E-state index contributed by atoms with van der Waals surface area (Å²) < 4.78 is 0. The van der Waals surface area contributed by atoms with Gasteiger partial charge < -0.3 is 0 Å². The minimum atomic E-state index is 0.551. The van der Waals surface area contributed by atoms with Gasteiger partial charge in [0.15, 0.2) is 0 Å². The third-order valence-corrected chi connectivity index (χ3v) is 5.70. The summed E-state index contributed by atoms with van der Waals surface area (Å²) in [4.78, 5) is 0. The summed E-state index contributed by atoms with van der Waals surface area (Å²) in [6.07, 6.45) is 5.79. The molecule has 0 atom stereocenters. The average Bonchev–Trinajstić information content (AvgIpc) is 3.68. The van der Waals surface area contributed by atoms with Gasteiger partial charge in [0.1, 0.15) is 0 Å². The van der Waals surface area contributed by atoms with Crippen LogP contribution >= 0.6 is 0 Å². The lowest BCUT2D eigenvalue weighted by atomic mass is 9.98. The fraction of sp³-hybridized carbons (Fsp3) is 0.727. The standard InChI is InChI=1S/3C9H16N2.3C2H6/c3*1-6(2)8-5-10-11-9(8)7(3)4;3*1-2/h3*5-7H,1-4H3,(H,10,11);3*1-2H3. The Morgan fingerprint density at radius 3 is 0.641 bits per heavy atom. The number of aromatic nitrogens is 6. The molecule has 0 radical (unpaired) electrons. The Kier molecular flexibility index (Phi) is 24.8. The molecule has 0 aromatic carbocycles. The molecule has 0 spiro atoms. The molecule has 0 aliphatic carbocycles. The van der Waals surface area contributed by atoms with Gasteiger partial charge in [0.25, 0.3) is 0 Å². The van der Waals surface area contributed by atoms with Crippen molar-refractivity contribution in [3.05, 3.63) is 52.4 Å². The quantitative estimate of drug-likeness (QED) is 0.287. The Hall–Kier alpha value is -2.37. The number of H-pyrrole nitrogens is 3. The van der Waals surface area contributed by atoms with Crippen molar-refractivity contribution in [1.29, 1.82) is 0 Å². The van der Waals surface area contributed by atoms with Crippen LogP contribution in [0.3, 0.4) is 0 Å². The molecule has 6 heteroatoms. The van der Waals surface area contributed by atoms with Gasteiger partial charge in [-0.15, -0.1) is 0 Å². The molecule has 0 amide bonds. The number of nitrogens with zero attached hydrogens (tertiary/aromatic N) is 3. The second-order valence-corrected chi connectivity index (χ2v) is 10.6. The topological polar surface area (TPSA) is 86.0 Å². The molecule has 39 heavy (non-hydrogen) atoms. The molecule has 0 saturated carbocycles. The smallest absolute Gasteiger partial charge is 0.0524 e. The number of rotatable bonds is 6. The van der Waals surface area contributed by atoms with Crippen molar-refractivity contribution in [2.75, 3.05) is 0 Å². The second-order valence-electron chi connectivity index (χ2n) is 10.6. The van der Waals surface area contributed by atoms with Crippen LogP contribution in [0.1, 0.15) is 194 Å². The molecule has 0 aliphatic heterocycles. The van der Waals surface area contributed by atoms with Gasteiger partial charge in [-0.25, -0.2) is 0 Å². The van der Waals surface area contributed by atoms with E-state index in [-0.39, 0.29) is 0 Å². The van der Waals surface area contributed by atoms with E-state index in [9.17, 15) is 0 Å². The number of hydrogen-bond donors (Lipinski definition) is 3. The van der Waals surface area contributed by atoms with Crippen molar-refractivity contribution in [2.24, 2.45) is 0 Å². The Balaban J connectivity index is -0.000000453. The molecule has 228 valence electrons. The van der Waals surface area contributed by atoms with Crippen molar-refractivity contribution in [3.8, 4) is 0 Å². The van der Waals surface area contributed by atoms with Crippen LogP contribution in [0.5, 0.6) is 0 Å². The zero-order chi connectivity index (χ0) is 31.3. The first kappa shape index (κ1) is 41.1. The fourth-order valence-electron chi connectivity index (χ4n) is 3.68. The molecule has 3 rings (SSSR count). The van der Waals surface area contributed by atoms with Crippen molar-refractivity contribution in [3.63, 3.8) is 0 Å². The van der Waals surface area contributed by atoms with Crippen LogP contribution in [0.25, 0.3) is 0 Å². The van der Waals surface area contributed by atoms with Crippen molar-refractivity contribution < 1.29 is 0 Å². The summed E-state index contributed by atoms with van der Waals surface area (Å²) in [5.41, 5.74) is 7.88. The van der Waals surface area contributed by atoms with Gasteiger partial charge in [0.05, 0.1) is 18.6 Å². The molecule has 0 bridgehead atoms. The van der Waals surface area contributed by atoms with E-state index in [1.807, 2.05) is 60.1 Å². The molecule has 3 N–H and O–H groups in total. The highest BCUT2D eigenvalue weighted by molar-refractivity contribution is 5.24. The first-order valence-corrected chi connectivity index (χ1v) is 15.5. The molecule has 6 nitrogen and oxygen atoms in total. The van der Waals surface area contributed by atoms with Gasteiger partial charge in [0.2, 0.25) is 0 Å². The van der Waals surface area contributed by atoms with Crippen molar-refractivity contribution in [1.82, 2.24) is 30.6 Å². The maximum Gasteiger partial charge on any atom is 0.0524 e. The molecule has 3 aromatic heterocycles. The summed E-state index contributed by atoms with van der Waals surface area (Å²) in [7, 11) is 0. The molecule has 3 aromatic rings. The predicted molar refractivity (Wildman–Crippen MR) is 174 cm³/mol. The minimum Gasteiger partial charge on any atom is -0.282 e. The summed E-state index contributed by atoms with van der Waals surface area (Å²) >= 11 is 0. The number of aromatic amines is 3. The van der Waals surface area contributed by atoms with E-state index in [2.05, 4.69) is 114 Å². The van der Waals surface area contributed by atoms with E-state index in [1.54, 1.807) is 0 Å². The number of hydrogen-bond acceptors (Lipinski definition) is 3. The Bertz CT molecular complexity index is 723. The molecule has 0 saturated heterocycles. The van der Waals surface area contributed by atoms with Crippen LogP contribution in [0.2, 0.25) is 0 Å². The highest BCUT2D eigenvalue weighted by atomic mass is 15.1. The van der Waals surface area contributed by atoms with Gasteiger partial charge in [-0.1, -0.05) is 125 Å². The SMILES string of the molecule is CC.CC.CC.CC(C)c1cn[nH]c1C(C)C.CC(C)c1cn[nH]c1C(C)C.CC(C)c1cn[nH]c1C(C)C. The highest BCUT2D eigenvalue weighted by Gasteiger charge is 2.12. The van der Waals surface area contributed by atoms with Gasteiger partial charge in [-0.05, 0) is 52.2 Å². The van der Waals surface area contributed by atoms with E-state index in [4.69, 9.17) is 0 Å². The molecule has 0 aliphatic rings. The third-order valence-electron chi connectivity index (χ3n) is 5.70. The van der Waals surface area contributed by atoms with E-state index < -0.39 is 0 Å². The van der Waals surface area contributed by atoms with Crippen LogP contribution in [0, 0.1) is 0 Å². The van der Waals surface area contributed by atoms with E-state index >= 15 is 0 Å². The maximum atomic E-state index is 4.04. The Morgan fingerprint density at radius 2 is 0.538 bits per heavy atom. The van der Waals surface area contributed by atoms with Gasteiger partial charge in [0, 0.05) is 17.1 Å². The first-order chi connectivity index (χ1) is 18.4. The lowest BCUT2D eigenvalue weighted by Gasteiger charge is -2.07. The summed E-state index contributed by atoms with van der Waals surface area (Å²) in [6.45, 7) is 38.2. The number of nitrogens with one attached hydrogen (secondary N) is 3. The summed E-state index contributed by atoms with van der Waals surface area (Å²) in [5, 5.41) is 21.2. The van der Waals surface area contributed by atoms with Crippen LogP contribution in [0.4, 0.5) is 0 Å². The van der Waals surface area contributed by atoms with Crippen molar-refractivity contribution >= 4 is 0 Å². The van der Waals surface area contributed by atoms with Crippen LogP contribution in [-0.4, -0.2) is 30.6 Å². The zero-order valence-electron chi connectivity index (χ0n) is 29.0. The lowest BCUT2D eigenvalue weighted by Crippen LogP contribution is -1.95. The van der Waals surface area contributed by atoms with Crippen LogP contribution < -0.4 is 0 Å². The predicted octanol–water partition coefficient (Wildman–Crippen LogP) is 11.0. The van der Waals surface area contributed by atoms with Gasteiger partial charge in [-0.2, -0.15) is 15.3 Å². The summed E-state index contributed by atoms with van der Waals surface area (Å²) in [5.74, 6) is 3.38. The Morgan fingerprint density at radius 1 is 0.359 bits per heavy atom. The lowest BCUT2D eigenvalue weighted by molar-refractivity contribution is 0.767. The van der Waals surface area contributed by atoms with Gasteiger partial charge >= 0.3 is 0 Å². The normalized spacial score (nSPS) is 10.2. The maximum absolute atomic E-state index is 4.04. The molecular weight excluding hydrogens is 480 g/mol. The van der Waals surface area contributed by atoms with E-state index in [0.29, 0.717) is 35.5 Å². The largest absolute Gasteiger partial charge is 0.282 e. The van der Waals surface area contributed by atoms with E-state index in [0.717, 1.165) is 0 Å². The monoisotopic (exact) mass is 547 g/mol. The van der Waals surface area contributed by atoms with Crippen LogP contribution in [0.15, 0.2) is 18.6 Å². The minimum absolute atomic E-state index is 0.551. The van der Waals surface area contributed by atoms with Crippen molar-refractivity contribution in [2.45, 2.75) is 160 Å². The second kappa shape index (κ2) is 23.5. The first-order valence-electron chi connectivity index (χ1n) is 15.5. The molecule has 0 unspecified atom stereocenters. The van der Waals surface area contributed by atoms with Crippen LogP contribution in [-0.2, 0) is 0 Å². The zero-order valence-corrected chi connectivity index (χ0v) is 29.0. The van der Waals surface area contributed by atoms with E-state index in [1.165, 1.54) is 33.8 Å².